The molecule has 206 valence electrons. The Morgan fingerprint density at radius 3 is 2.49 bits per heavy atom. The van der Waals surface area contributed by atoms with E-state index in [1.54, 1.807) is 6.92 Å². The lowest BCUT2D eigenvalue weighted by atomic mass is 9.74. The molecule has 41 heavy (non-hydrogen) atoms. The van der Waals surface area contributed by atoms with Crippen molar-refractivity contribution in [2.75, 3.05) is 24.6 Å². The highest BCUT2D eigenvalue weighted by atomic mass is 16.5. The first-order valence-electron chi connectivity index (χ1n) is 14.2. The maximum Gasteiger partial charge on any atom is 0.262 e. The lowest BCUT2D eigenvalue weighted by Gasteiger charge is -2.33. The first-order chi connectivity index (χ1) is 19.9. The Labute approximate surface area is 239 Å². The fourth-order valence-corrected chi connectivity index (χ4v) is 6.35. The van der Waals surface area contributed by atoms with Gasteiger partial charge in [-0.25, -0.2) is 0 Å². The molecule has 1 aromatic heterocycles. The molecule has 4 heterocycles. The number of rotatable bonds is 3. The van der Waals surface area contributed by atoms with E-state index >= 15 is 0 Å². The molecule has 1 amide bonds. The van der Waals surface area contributed by atoms with Gasteiger partial charge in [-0.2, -0.15) is 4.98 Å². The maximum absolute atomic E-state index is 14.1. The Hall–Kier alpha value is -4.49. The smallest absolute Gasteiger partial charge is 0.262 e. The Morgan fingerprint density at radius 2 is 1.76 bits per heavy atom. The van der Waals surface area contributed by atoms with E-state index < -0.39 is 0 Å². The van der Waals surface area contributed by atoms with Crippen molar-refractivity contribution in [1.29, 1.82) is 0 Å². The molecule has 7 rings (SSSR count). The van der Waals surface area contributed by atoms with Gasteiger partial charge in [-0.05, 0) is 92.9 Å². The van der Waals surface area contributed by atoms with Gasteiger partial charge in [-0.3, -0.25) is 9.69 Å². The van der Waals surface area contributed by atoms with Crippen molar-refractivity contribution in [2.24, 2.45) is 0 Å². The van der Waals surface area contributed by atoms with Gasteiger partial charge in [0.15, 0.2) is 0 Å². The second kappa shape index (κ2) is 9.85. The van der Waals surface area contributed by atoms with E-state index in [1.165, 1.54) is 5.56 Å². The van der Waals surface area contributed by atoms with Crippen LogP contribution in [-0.4, -0.2) is 35.7 Å². The van der Waals surface area contributed by atoms with E-state index in [-0.39, 0.29) is 11.3 Å². The van der Waals surface area contributed by atoms with Gasteiger partial charge in [0.05, 0.1) is 12.3 Å². The largest absolute Gasteiger partial charge is 0.492 e. The molecular weight excluding hydrogens is 512 g/mol. The van der Waals surface area contributed by atoms with Crippen molar-refractivity contribution in [3.8, 4) is 28.3 Å². The number of hydrogen-bond acceptors (Lipinski definition) is 6. The summed E-state index contributed by atoms with van der Waals surface area (Å²) in [6, 6.07) is 18.3. The number of ether oxygens (including phenoxy) is 1. The molecule has 1 saturated heterocycles. The zero-order valence-electron chi connectivity index (χ0n) is 23.5. The van der Waals surface area contributed by atoms with Crippen LogP contribution in [0.2, 0.25) is 0 Å². The van der Waals surface area contributed by atoms with E-state index in [0.717, 1.165) is 70.9 Å². The summed E-state index contributed by atoms with van der Waals surface area (Å²) in [6.45, 7) is 8.50. The summed E-state index contributed by atoms with van der Waals surface area (Å²) in [6.07, 6.45) is 8.14. The van der Waals surface area contributed by atoms with Crippen LogP contribution < -0.4 is 15.0 Å². The second-order valence-corrected chi connectivity index (χ2v) is 11.3. The van der Waals surface area contributed by atoms with Gasteiger partial charge in [0.1, 0.15) is 5.75 Å². The first-order valence-corrected chi connectivity index (χ1v) is 14.2. The van der Waals surface area contributed by atoms with Crippen molar-refractivity contribution in [3.63, 3.8) is 0 Å². The minimum Gasteiger partial charge on any atom is -0.492 e. The first kappa shape index (κ1) is 25.5. The molecule has 1 spiro atoms. The van der Waals surface area contributed by atoms with Gasteiger partial charge in [0.25, 0.3) is 5.91 Å². The molecule has 3 aromatic carbocycles. The molecular formula is C34H32N4O3. The number of amides is 1. The Morgan fingerprint density at radius 1 is 0.976 bits per heavy atom. The van der Waals surface area contributed by atoms with Gasteiger partial charge in [-0.1, -0.05) is 41.6 Å². The minimum atomic E-state index is -0.0481. The molecule has 0 unspecified atom stereocenters. The van der Waals surface area contributed by atoms with Crippen molar-refractivity contribution in [2.45, 2.75) is 39.0 Å². The fourth-order valence-electron chi connectivity index (χ4n) is 6.35. The average Bonchev–Trinajstić information content (AvgIpc) is 3.52. The highest BCUT2D eigenvalue weighted by Gasteiger charge is 2.42. The van der Waals surface area contributed by atoms with Crippen LogP contribution in [0.4, 0.5) is 5.69 Å². The van der Waals surface area contributed by atoms with Crippen LogP contribution >= 0.6 is 0 Å². The average molecular weight is 545 g/mol. The minimum absolute atomic E-state index is 0.00952. The van der Waals surface area contributed by atoms with Crippen LogP contribution in [0.1, 0.15) is 52.7 Å². The standard InChI is InChI=1S/C34H32N4O3/c1-21-17-27(32-36-23(3)41-37-32)11-12-28(21)24-7-9-25(10-8-24)33(39)38-22(2)5-4-6-26-18-31-29(19-30(26)38)34(20-40-31)13-15-35-16-14-34/h4-12,17-19,35H,13-16,20H2,1-3H3. The Balaban J connectivity index is 1.21. The number of hydrogen-bond donors (Lipinski definition) is 1. The van der Waals surface area contributed by atoms with Crippen LogP contribution in [-0.2, 0) is 5.41 Å². The highest BCUT2D eigenvalue weighted by Crippen LogP contribution is 2.48. The summed E-state index contributed by atoms with van der Waals surface area (Å²) in [5.41, 5.74) is 8.80. The third kappa shape index (κ3) is 4.37. The third-order valence-electron chi connectivity index (χ3n) is 8.63. The van der Waals surface area contributed by atoms with Gasteiger partial charge in [0, 0.05) is 40.3 Å². The van der Waals surface area contributed by atoms with Gasteiger partial charge < -0.3 is 14.6 Å². The number of carbonyl (C=O) groups is 1. The number of aryl methyl sites for hydroxylation is 2. The van der Waals surface area contributed by atoms with E-state index in [2.05, 4.69) is 52.7 Å². The van der Waals surface area contributed by atoms with E-state index in [4.69, 9.17) is 9.26 Å². The van der Waals surface area contributed by atoms with Gasteiger partial charge in [0.2, 0.25) is 11.7 Å². The van der Waals surface area contributed by atoms with Crippen molar-refractivity contribution < 1.29 is 14.1 Å². The van der Waals surface area contributed by atoms with Crippen molar-refractivity contribution in [3.05, 3.63) is 101 Å². The number of aromatic nitrogens is 2. The van der Waals surface area contributed by atoms with Crippen LogP contribution in [0.25, 0.3) is 28.6 Å². The van der Waals surface area contributed by atoms with E-state index in [1.807, 2.05) is 54.3 Å². The normalized spacial score (nSPS) is 17.0. The molecule has 0 atom stereocenters. The molecule has 7 heteroatoms. The second-order valence-electron chi connectivity index (χ2n) is 11.3. The van der Waals surface area contributed by atoms with Crippen molar-refractivity contribution in [1.82, 2.24) is 15.5 Å². The molecule has 0 bridgehead atoms. The third-order valence-corrected chi connectivity index (χ3v) is 8.63. The summed E-state index contributed by atoms with van der Waals surface area (Å²) >= 11 is 0. The zero-order valence-corrected chi connectivity index (χ0v) is 23.5. The van der Waals surface area contributed by atoms with E-state index in [0.29, 0.717) is 23.9 Å². The number of fused-ring (bicyclic) bond motifs is 3. The molecule has 3 aliphatic rings. The maximum atomic E-state index is 14.1. The predicted molar refractivity (Wildman–Crippen MR) is 160 cm³/mol. The monoisotopic (exact) mass is 544 g/mol. The molecule has 1 N–H and O–H groups in total. The molecule has 7 nitrogen and oxygen atoms in total. The van der Waals surface area contributed by atoms with Crippen LogP contribution in [0, 0.1) is 13.8 Å². The molecule has 0 aliphatic carbocycles. The Kier molecular flexibility index (Phi) is 6.12. The summed E-state index contributed by atoms with van der Waals surface area (Å²) in [5.74, 6) is 2.02. The number of nitrogens with one attached hydrogen (secondary N) is 1. The summed E-state index contributed by atoms with van der Waals surface area (Å²) in [7, 11) is 0. The molecule has 0 saturated carbocycles. The van der Waals surface area contributed by atoms with Crippen molar-refractivity contribution >= 4 is 17.7 Å². The van der Waals surface area contributed by atoms with Crippen LogP contribution in [0.3, 0.4) is 0 Å². The van der Waals surface area contributed by atoms with E-state index in [9.17, 15) is 4.79 Å². The van der Waals surface area contributed by atoms with Gasteiger partial charge >= 0.3 is 0 Å². The van der Waals surface area contributed by atoms with Gasteiger partial charge in [-0.15, -0.1) is 0 Å². The van der Waals surface area contributed by atoms with Crippen LogP contribution in [0.15, 0.2) is 77.0 Å². The lowest BCUT2D eigenvalue weighted by Crippen LogP contribution is -2.41. The zero-order chi connectivity index (χ0) is 28.1. The number of anilines is 1. The fraction of sp³-hybridized carbons (Fsp3) is 0.265. The number of nitrogens with zero attached hydrogens (tertiary/aromatic N) is 3. The SMILES string of the molecule is CC1=CC=Cc2cc3c(cc2N1C(=O)c1ccc(-c2ccc(-c4noc(C)n4)cc2C)cc1)C1(CCNCC1)CO3. The number of allylic oxidation sites excluding steroid dienone is 3. The quantitative estimate of drug-likeness (QED) is 0.313. The lowest BCUT2D eigenvalue weighted by molar-refractivity contribution is 0.0995. The molecule has 0 radical (unpaired) electrons. The van der Waals surface area contributed by atoms with Crippen LogP contribution in [0.5, 0.6) is 5.75 Å². The highest BCUT2D eigenvalue weighted by molar-refractivity contribution is 6.10. The topological polar surface area (TPSA) is 80.5 Å². The number of piperidine rings is 1. The summed E-state index contributed by atoms with van der Waals surface area (Å²) in [5, 5.41) is 7.51. The summed E-state index contributed by atoms with van der Waals surface area (Å²) in [4.78, 5) is 20.3. The molecule has 4 aromatic rings. The predicted octanol–water partition coefficient (Wildman–Crippen LogP) is 6.61. The summed E-state index contributed by atoms with van der Waals surface area (Å²) < 4.78 is 11.3. The number of carbonyl (C=O) groups excluding carboxylic acids is 1. The Bertz CT molecular complexity index is 1730. The number of benzene rings is 3. The molecule has 3 aliphatic heterocycles. The molecule has 1 fully saturated rings.